The zero-order valence-corrected chi connectivity index (χ0v) is 13.4. The predicted molar refractivity (Wildman–Crippen MR) is 78.2 cm³/mol. The van der Waals surface area contributed by atoms with Crippen molar-refractivity contribution >= 4 is 10.0 Å². The van der Waals surface area contributed by atoms with Gasteiger partial charge in [-0.25, -0.2) is 8.42 Å². The minimum atomic E-state index is -3.12. The fourth-order valence-electron chi connectivity index (χ4n) is 2.09. The van der Waals surface area contributed by atoms with E-state index in [1.807, 2.05) is 7.05 Å². The lowest BCUT2D eigenvalue weighted by Gasteiger charge is -2.31. The molecule has 0 heterocycles. The second-order valence-electron chi connectivity index (χ2n) is 5.21. The molecule has 4 nitrogen and oxygen atoms in total. The van der Waals surface area contributed by atoms with Crippen molar-refractivity contribution in [1.82, 2.24) is 9.62 Å². The molecule has 0 rings (SSSR count). The highest BCUT2D eigenvalue weighted by Crippen LogP contribution is 2.17. The smallest absolute Gasteiger partial charge is 0.214 e. The van der Waals surface area contributed by atoms with E-state index in [1.165, 1.54) is 0 Å². The van der Waals surface area contributed by atoms with Crippen molar-refractivity contribution in [1.29, 1.82) is 0 Å². The molecule has 0 spiro atoms. The highest BCUT2D eigenvalue weighted by Gasteiger charge is 2.27. The number of nitrogens with one attached hydrogen (secondary N) is 1. The van der Waals surface area contributed by atoms with Crippen LogP contribution >= 0.6 is 0 Å². The monoisotopic (exact) mass is 278 g/mol. The predicted octanol–water partition coefficient (Wildman–Crippen LogP) is 2.07. The maximum Gasteiger partial charge on any atom is 0.214 e. The molecule has 0 bridgehead atoms. The molecule has 0 saturated heterocycles. The molecule has 0 radical (unpaired) electrons. The Labute approximate surface area is 113 Å². The van der Waals surface area contributed by atoms with Gasteiger partial charge in [-0.05, 0) is 38.8 Å². The lowest BCUT2D eigenvalue weighted by Crippen LogP contribution is -2.43. The Balaban J connectivity index is 4.81. The van der Waals surface area contributed by atoms with Gasteiger partial charge in [0.2, 0.25) is 10.0 Å². The van der Waals surface area contributed by atoms with E-state index in [1.54, 1.807) is 4.31 Å². The molecule has 0 aromatic rings. The van der Waals surface area contributed by atoms with Gasteiger partial charge >= 0.3 is 0 Å². The zero-order chi connectivity index (χ0) is 14.2. The summed E-state index contributed by atoms with van der Waals surface area (Å²) in [6.45, 7) is 9.64. The van der Waals surface area contributed by atoms with Crippen LogP contribution < -0.4 is 5.32 Å². The zero-order valence-electron chi connectivity index (χ0n) is 12.6. The molecule has 0 unspecified atom stereocenters. The SMILES string of the molecule is CCC(CC)N(CC(C)C)S(=O)(=O)CCCNC. The van der Waals surface area contributed by atoms with Crippen LogP contribution in [0.15, 0.2) is 0 Å². The lowest BCUT2D eigenvalue weighted by molar-refractivity contribution is 0.276. The number of sulfonamides is 1. The molecule has 0 fully saturated rings. The topological polar surface area (TPSA) is 49.4 Å². The van der Waals surface area contributed by atoms with Gasteiger partial charge in [0.1, 0.15) is 0 Å². The van der Waals surface area contributed by atoms with Gasteiger partial charge in [-0.1, -0.05) is 27.7 Å². The third-order valence-electron chi connectivity index (χ3n) is 3.08. The fraction of sp³-hybridized carbons (Fsp3) is 1.00. The molecular weight excluding hydrogens is 248 g/mol. The van der Waals surface area contributed by atoms with Gasteiger partial charge in [-0.3, -0.25) is 0 Å². The normalized spacial score (nSPS) is 12.9. The maximum atomic E-state index is 12.4. The van der Waals surface area contributed by atoms with Crippen LogP contribution in [0.4, 0.5) is 0 Å². The van der Waals surface area contributed by atoms with Crippen LogP contribution in [-0.2, 0) is 10.0 Å². The van der Waals surface area contributed by atoms with Crippen molar-refractivity contribution in [3.8, 4) is 0 Å². The van der Waals surface area contributed by atoms with E-state index in [-0.39, 0.29) is 11.8 Å². The summed E-state index contributed by atoms with van der Waals surface area (Å²) >= 11 is 0. The van der Waals surface area contributed by atoms with Gasteiger partial charge < -0.3 is 5.32 Å². The van der Waals surface area contributed by atoms with Gasteiger partial charge in [0, 0.05) is 12.6 Å². The third-order valence-corrected chi connectivity index (χ3v) is 5.05. The van der Waals surface area contributed by atoms with E-state index in [2.05, 4.69) is 33.0 Å². The molecule has 0 atom stereocenters. The van der Waals surface area contributed by atoms with E-state index in [0.29, 0.717) is 18.9 Å². The molecule has 0 amide bonds. The Hall–Kier alpha value is -0.130. The first-order valence-electron chi connectivity index (χ1n) is 7.03. The number of rotatable bonds is 10. The summed E-state index contributed by atoms with van der Waals surface area (Å²) in [6.07, 6.45) is 2.44. The van der Waals surface area contributed by atoms with Gasteiger partial charge in [-0.15, -0.1) is 0 Å². The van der Waals surface area contributed by atoms with E-state index in [0.717, 1.165) is 19.4 Å². The molecule has 0 aliphatic heterocycles. The Morgan fingerprint density at radius 3 is 2.11 bits per heavy atom. The van der Waals surface area contributed by atoms with Crippen LogP contribution in [0.2, 0.25) is 0 Å². The van der Waals surface area contributed by atoms with Crippen molar-refractivity contribution < 1.29 is 8.42 Å². The molecule has 0 aromatic heterocycles. The van der Waals surface area contributed by atoms with Crippen LogP contribution in [0.25, 0.3) is 0 Å². The van der Waals surface area contributed by atoms with E-state index in [4.69, 9.17) is 0 Å². The summed E-state index contributed by atoms with van der Waals surface area (Å²) in [5.74, 6) is 0.613. The number of hydrogen-bond acceptors (Lipinski definition) is 3. The van der Waals surface area contributed by atoms with Crippen molar-refractivity contribution in [2.75, 3.05) is 25.9 Å². The van der Waals surface area contributed by atoms with E-state index in [9.17, 15) is 8.42 Å². The van der Waals surface area contributed by atoms with Crippen LogP contribution in [-0.4, -0.2) is 44.7 Å². The minimum Gasteiger partial charge on any atom is -0.320 e. The Morgan fingerprint density at radius 2 is 1.72 bits per heavy atom. The molecule has 5 heteroatoms. The highest BCUT2D eigenvalue weighted by molar-refractivity contribution is 7.89. The summed E-state index contributed by atoms with van der Waals surface area (Å²) in [5.41, 5.74) is 0. The number of nitrogens with zero attached hydrogens (tertiary/aromatic N) is 1. The molecule has 0 aromatic carbocycles. The molecule has 110 valence electrons. The van der Waals surface area contributed by atoms with Crippen molar-refractivity contribution in [3.63, 3.8) is 0 Å². The standard InChI is InChI=1S/C13H30N2O2S/c1-6-13(7-2)15(11-12(3)4)18(16,17)10-8-9-14-5/h12-14H,6-11H2,1-5H3. The first kappa shape index (κ1) is 17.9. The Bertz CT molecular complexity index is 298. The summed E-state index contributed by atoms with van der Waals surface area (Å²) in [4.78, 5) is 0. The van der Waals surface area contributed by atoms with Gasteiger partial charge in [0.25, 0.3) is 0 Å². The Kier molecular flexibility index (Phi) is 8.82. The summed E-state index contributed by atoms with van der Waals surface area (Å²) in [6, 6.07) is 0.145. The van der Waals surface area contributed by atoms with Crippen molar-refractivity contribution in [2.24, 2.45) is 5.92 Å². The quantitative estimate of drug-likeness (QED) is 0.622. The van der Waals surface area contributed by atoms with Crippen molar-refractivity contribution in [2.45, 2.75) is 53.0 Å². The van der Waals surface area contributed by atoms with Crippen LogP contribution in [0, 0.1) is 5.92 Å². The summed E-state index contributed by atoms with van der Waals surface area (Å²) in [7, 11) is -1.27. The molecule has 0 aliphatic rings. The molecule has 1 N–H and O–H groups in total. The fourth-order valence-corrected chi connectivity index (χ4v) is 4.12. The van der Waals surface area contributed by atoms with Crippen molar-refractivity contribution in [3.05, 3.63) is 0 Å². The first-order valence-corrected chi connectivity index (χ1v) is 8.64. The van der Waals surface area contributed by atoms with Crippen LogP contribution in [0.3, 0.4) is 0 Å². The first-order chi connectivity index (χ1) is 8.38. The Morgan fingerprint density at radius 1 is 1.17 bits per heavy atom. The summed E-state index contributed by atoms with van der Waals surface area (Å²) in [5, 5.41) is 2.99. The van der Waals surface area contributed by atoms with E-state index < -0.39 is 10.0 Å². The minimum absolute atomic E-state index is 0.145. The molecular formula is C13H30N2O2S. The summed E-state index contributed by atoms with van der Waals surface area (Å²) < 4.78 is 26.5. The molecule has 0 saturated carbocycles. The second kappa shape index (κ2) is 8.88. The van der Waals surface area contributed by atoms with Gasteiger partial charge in [0.15, 0.2) is 0 Å². The second-order valence-corrected chi connectivity index (χ2v) is 7.25. The lowest BCUT2D eigenvalue weighted by atomic mass is 10.1. The van der Waals surface area contributed by atoms with E-state index >= 15 is 0 Å². The van der Waals surface area contributed by atoms with Crippen LogP contribution in [0.5, 0.6) is 0 Å². The van der Waals surface area contributed by atoms with Gasteiger partial charge in [0.05, 0.1) is 5.75 Å². The van der Waals surface area contributed by atoms with Gasteiger partial charge in [-0.2, -0.15) is 4.31 Å². The average Bonchev–Trinajstić information content (AvgIpc) is 2.29. The average molecular weight is 278 g/mol. The third kappa shape index (κ3) is 6.16. The number of hydrogen-bond donors (Lipinski definition) is 1. The maximum absolute atomic E-state index is 12.4. The van der Waals surface area contributed by atoms with Crippen LogP contribution in [0.1, 0.15) is 47.0 Å². The molecule has 0 aliphatic carbocycles. The highest BCUT2D eigenvalue weighted by atomic mass is 32.2. The molecule has 18 heavy (non-hydrogen) atoms. The largest absolute Gasteiger partial charge is 0.320 e.